The van der Waals surface area contributed by atoms with Gasteiger partial charge in [-0.25, -0.2) is 0 Å². The molecule has 0 radical (unpaired) electrons. The van der Waals surface area contributed by atoms with Gasteiger partial charge in [-0.05, 0) is 73.8 Å². The second-order valence-corrected chi connectivity index (χ2v) is 6.85. The van der Waals surface area contributed by atoms with Gasteiger partial charge in [-0.15, -0.1) is 0 Å². The second kappa shape index (κ2) is 6.58. The molecule has 1 saturated carbocycles. The Morgan fingerprint density at radius 1 is 1.19 bits per heavy atom. The second-order valence-electron chi connectivity index (χ2n) is 5.96. The van der Waals surface area contributed by atoms with Crippen molar-refractivity contribution in [3.05, 3.63) is 46.5 Å². The maximum absolute atomic E-state index is 9.36. The molecule has 3 rings (SSSR count). The minimum absolute atomic E-state index is 0.356. The smallest absolute Gasteiger partial charge is 0.115 e. The lowest BCUT2D eigenvalue weighted by atomic mass is 9.82. The van der Waals surface area contributed by atoms with E-state index in [9.17, 15) is 5.11 Å². The van der Waals surface area contributed by atoms with Gasteiger partial charge in [0.1, 0.15) is 5.75 Å². The first-order chi connectivity index (χ1) is 10.2. The molecule has 2 N–H and O–H groups in total. The Balaban J connectivity index is 1.47. The topological polar surface area (TPSA) is 45.1 Å². The number of aryl methyl sites for hydroxylation is 1. The Labute approximate surface area is 130 Å². The van der Waals surface area contributed by atoms with Crippen molar-refractivity contribution in [1.29, 1.82) is 0 Å². The molecule has 0 amide bonds. The Bertz CT molecular complexity index is 571. The van der Waals surface area contributed by atoms with Crippen molar-refractivity contribution in [2.75, 3.05) is 0 Å². The van der Waals surface area contributed by atoms with Crippen molar-refractivity contribution in [3.8, 4) is 5.75 Å². The Morgan fingerprint density at radius 3 is 2.52 bits per heavy atom. The maximum atomic E-state index is 9.36. The van der Waals surface area contributed by atoms with Gasteiger partial charge in [-0.2, -0.15) is 4.37 Å². The van der Waals surface area contributed by atoms with Crippen LogP contribution in [0.1, 0.15) is 47.7 Å². The van der Waals surface area contributed by atoms with Crippen molar-refractivity contribution in [2.24, 2.45) is 0 Å². The van der Waals surface area contributed by atoms with Gasteiger partial charge in [0, 0.05) is 17.5 Å². The fourth-order valence-electron chi connectivity index (χ4n) is 3.12. The molecular weight excluding hydrogens is 280 g/mol. The van der Waals surface area contributed by atoms with Crippen LogP contribution < -0.4 is 5.32 Å². The lowest BCUT2D eigenvalue weighted by molar-refractivity contribution is 0.342. The fraction of sp³-hybridized carbons (Fsp3) is 0.471. The van der Waals surface area contributed by atoms with Crippen molar-refractivity contribution >= 4 is 11.5 Å². The summed E-state index contributed by atoms with van der Waals surface area (Å²) < 4.78 is 4.32. The predicted octanol–water partition coefficient (Wildman–Crippen LogP) is 3.97. The van der Waals surface area contributed by atoms with Crippen molar-refractivity contribution < 1.29 is 5.11 Å². The first-order valence-corrected chi connectivity index (χ1v) is 8.42. The third kappa shape index (κ3) is 3.83. The molecule has 0 atom stereocenters. The number of hydrogen-bond acceptors (Lipinski definition) is 4. The van der Waals surface area contributed by atoms with Crippen LogP contribution in [0.15, 0.2) is 30.3 Å². The standard InChI is InChI=1S/C17H22N2OS/c1-12-10-17(21-19-12)11-18-15-6-2-13(3-7-15)14-4-8-16(20)9-5-14/h4-5,8-10,13,15,18,20H,2-3,6-7,11H2,1H3. The van der Waals surface area contributed by atoms with Gasteiger partial charge in [0.25, 0.3) is 0 Å². The molecule has 4 heteroatoms. The van der Waals surface area contributed by atoms with E-state index in [1.807, 2.05) is 6.92 Å². The van der Waals surface area contributed by atoms with Crippen LogP contribution in [0.25, 0.3) is 0 Å². The number of nitrogens with one attached hydrogen (secondary N) is 1. The zero-order valence-electron chi connectivity index (χ0n) is 12.4. The first kappa shape index (κ1) is 14.5. The van der Waals surface area contributed by atoms with Crippen molar-refractivity contribution in [1.82, 2.24) is 9.69 Å². The van der Waals surface area contributed by atoms with Gasteiger partial charge < -0.3 is 10.4 Å². The molecule has 0 saturated heterocycles. The highest BCUT2D eigenvalue weighted by atomic mass is 32.1. The molecular formula is C17H22N2OS. The van der Waals surface area contributed by atoms with E-state index in [0.717, 1.165) is 12.2 Å². The SMILES string of the molecule is Cc1cc(CNC2CCC(c3ccc(O)cc3)CC2)sn1. The normalized spacial score (nSPS) is 22.3. The Kier molecular flexibility index (Phi) is 4.56. The van der Waals surface area contributed by atoms with Gasteiger partial charge in [-0.1, -0.05) is 12.1 Å². The molecule has 1 aliphatic carbocycles. The third-order valence-electron chi connectivity index (χ3n) is 4.33. The van der Waals surface area contributed by atoms with Crippen LogP contribution >= 0.6 is 11.5 Å². The number of rotatable bonds is 4. The first-order valence-electron chi connectivity index (χ1n) is 7.65. The van der Waals surface area contributed by atoms with E-state index in [4.69, 9.17) is 0 Å². The summed E-state index contributed by atoms with van der Waals surface area (Å²) in [6.45, 7) is 2.99. The Hall–Kier alpha value is -1.39. The van der Waals surface area contributed by atoms with Crippen molar-refractivity contribution in [3.63, 3.8) is 0 Å². The van der Waals surface area contributed by atoms with Crippen LogP contribution in [0.4, 0.5) is 0 Å². The minimum atomic E-state index is 0.356. The van der Waals surface area contributed by atoms with E-state index in [0.29, 0.717) is 17.7 Å². The molecule has 0 unspecified atom stereocenters. The number of phenolic OH excluding ortho intramolecular Hbond substituents is 1. The van der Waals surface area contributed by atoms with Crippen LogP contribution in [0, 0.1) is 6.92 Å². The van der Waals surface area contributed by atoms with Crippen LogP contribution in [-0.2, 0) is 6.54 Å². The quantitative estimate of drug-likeness (QED) is 0.898. The van der Waals surface area contributed by atoms with Gasteiger partial charge in [0.2, 0.25) is 0 Å². The fourth-order valence-corrected chi connectivity index (χ4v) is 3.81. The van der Waals surface area contributed by atoms with E-state index in [1.54, 1.807) is 23.7 Å². The number of aromatic nitrogens is 1. The van der Waals surface area contributed by atoms with E-state index < -0.39 is 0 Å². The van der Waals surface area contributed by atoms with Gasteiger partial charge in [0.15, 0.2) is 0 Å². The summed E-state index contributed by atoms with van der Waals surface area (Å²) >= 11 is 1.60. The van der Waals surface area contributed by atoms with Crippen LogP contribution in [0.5, 0.6) is 5.75 Å². The Morgan fingerprint density at radius 2 is 1.90 bits per heavy atom. The van der Waals surface area contributed by atoms with Crippen LogP contribution in [0.2, 0.25) is 0 Å². The zero-order valence-corrected chi connectivity index (χ0v) is 13.2. The molecule has 112 valence electrons. The molecule has 1 fully saturated rings. The summed E-state index contributed by atoms with van der Waals surface area (Å²) in [4.78, 5) is 1.33. The summed E-state index contributed by atoms with van der Waals surface area (Å²) in [7, 11) is 0. The lowest BCUT2D eigenvalue weighted by Gasteiger charge is -2.29. The number of hydrogen-bond donors (Lipinski definition) is 2. The summed E-state index contributed by atoms with van der Waals surface area (Å²) in [5, 5.41) is 13.0. The molecule has 1 heterocycles. The number of phenols is 1. The van der Waals surface area contributed by atoms with Crippen molar-refractivity contribution in [2.45, 2.75) is 51.1 Å². The van der Waals surface area contributed by atoms with E-state index >= 15 is 0 Å². The maximum Gasteiger partial charge on any atom is 0.115 e. The van der Waals surface area contributed by atoms with Crippen LogP contribution in [-0.4, -0.2) is 15.5 Å². The van der Waals surface area contributed by atoms with Gasteiger partial charge in [-0.3, -0.25) is 0 Å². The lowest BCUT2D eigenvalue weighted by Crippen LogP contribution is -2.32. The number of benzene rings is 1. The number of aromatic hydroxyl groups is 1. The molecule has 0 spiro atoms. The highest BCUT2D eigenvalue weighted by Crippen LogP contribution is 2.33. The minimum Gasteiger partial charge on any atom is -0.508 e. The predicted molar refractivity (Wildman–Crippen MR) is 86.8 cm³/mol. The molecule has 0 bridgehead atoms. The molecule has 1 aromatic heterocycles. The molecule has 2 aromatic rings. The van der Waals surface area contributed by atoms with E-state index in [-0.39, 0.29) is 0 Å². The highest BCUT2D eigenvalue weighted by molar-refractivity contribution is 7.05. The summed E-state index contributed by atoms with van der Waals surface area (Å²) in [5.41, 5.74) is 2.48. The largest absolute Gasteiger partial charge is 0.508 e. The number of nitrogens with zero attached hydrogens (tertiary/aromatic N) is 1. The van der Waals surface area contributed by atoms with E-state index in [2.05, 4.69) is 27.9 Å². The summed E-state index contributed by atoms with van der Waals surface area (Å²) in [6.07, 6.45) is 4.90. The average Bonchev–Trinajstić information content (AvgIpc) is 2.92. The van der Waals surface area contributed by atoms with Crippen LogP contribution in [0.3, 0.4) is 0 Å². The van der Waals surface area contributed by atoms with Gasteiger partial charge >= 0.3 is 0 Å². The summed E-state index contributed by atoms with van der Waals surface area (Å²) in [6, 6.07) is 10.5. The monoisotopic (exact) mass is 302 g/mol. The summed E-state index contributed by atoms with van der Waals surface area (Å²) in [5.74, 6) is 1.00. The third-order valence-corrected chi connectivity index (χ3v) is 5.21. The molecule has 0 aliphatic heterocycles. The van der Waals surface area contributed by atoms with Gasteiger partial charge in [0.05, 0.1) is 5.69 Å². The average molecular weight is 302 g/mol. The van der Waals surface area contributed by atoms with E-state index in [1.165, 1.54) is 36.1 Å². The zero-order chi connectivity index (χ0) is 14.7. The highest BCUT2D eigenvalue weighted by Gasteiger charge is 2.22. The molecule has 1 aliphatic rings. The molecule has 1 aromatic carbocycles. The molecule has 3 nitrogen and oxygen atoms in total. The molecule has 21 heavy (non-hydrogen) atoms.